The third-order valence-electron chi connectivity index (χ3n) is 5.35. The molecule has 0 fully saturated rings. The molecule has 0 heterocycles. The summed E-state index contributed by atoms with van der Waals surface area (Å²) >= 11 is 0. The highest BCUT2D eigenvalue weighted by Gasteiger charge is 2.15. The van der Waals surface area contributed by atoms with Gasteiger partial charge in [0.1, 0.15) is 17.1 Å². The lowest BCUT2D eigenvalue weighted by Crippen LogP contribution is -2.32. The molecule has 0 saturated carbocycles. The lowest BCUT2D eigenvalue weighted by molar-refractivity contribution is -0.119. The van der Waals surface area contributed by atoms with E-state index in [2.05, 4.69) is 22.5 Å². The van der Waals surface area contributed by atoms with Gasteiger partial charge >= 0.3 is 6.09 Å². The van der Waals surface area contributed by atoms with E-state index in [4.69, 9.17) is 9.47 Å². The number of hydrogen-bond acceptors (Lipinski definition) is 5. The van der Waals surface area contributed by atoms with Gasteiger partial charge in [0.25, 0.3) is 0 Å². The summed E-state index contributed by atoms with van der Waals surface area (Å²) in [6.45, 7) is 6.17. The molecule has 198 valence electrons. The van der Waals surface area contributed by atoms with Crippen molar-refractivity contribution in [3.8, 4) is 23.3 Å². The third-order valence-corrected chi connectivity index (χ3v) is 5.35. The minimum Gasteiger partial charge on any atom is -0.457 e. The normalized spacial score (nSPS) is 10.6. The van der Waals surface area contributed by atoms with Crippen LogP contribution in [0, 0.1) is 11.8 Å². The molecule has 0 saturated heterocycles. The van der Waals surface area contributed by atoms with Crippen LogP contribution in [0.5, 0.6) is 11.5 Å². The molecule has 0 atom stereocenters. The van der Waals surface area contributed by atoms with Gasteiger partial charge in [-0.2, -0.15) is 0 Å². The van der Waals surface area contributed by atoms with Crippen LogP contribution >= 0.6 is 0 Å². The first-order chi connectivity index (χ1) is 17.7. The highest BCUT2D eigenvalue weighted by atomic mass is 16.6. The number of likely N-dealkylation sites (N-methyl/N-ethyl adjacent to an activating group) is 1. The average molecular weight is 507 g/mol. The second-order valence-corrected chi connectivity index (χ2v) is 9.67. The molecular weight excluding hydrogens is 468 g/mol. The summed E-state index contributed by atoms with van der Waals surface area (Å²) in [7, 11) is 1.56. The van der Waals surface area contributed by atoms with Gasteiger partial charge in [0.2, 0.25) is 5.91 Å². The van der Waals surface area contributed by atoms with Gasteiger partial charge in [0.15, 0.2) is 6.29 Å². The zero-order valence-electron chi connectivity index (χ0n) is 22.3. The average Bonchev–Trinajstić information content (AvgIpc) is 2.84. The number of carbonyl (C=O) groups excluding carboxylic acids is 3. The van der Waals surface area contributed by atoms with Gasteiger partial charge in [-0.05, 0) is 63.4 Å². The Kier molecular flexibility index (Phi) is 12.2. The summed E-state index contributed by atoms with van der Waals surface area (Å²) in [5.74, 6) is 7.19. The van der Waals surface area contributed by atoms with Gasteiger partial charge < -0.3 is 20.1 Å². The smallest absolute Gasteiger partial charge is 0.407 e. The fourth-order valence-corrected chi connectivity index (χ4v) is 3.53. The maximum atomic E-state index is 11.7. The Balaban J connectivity index is 1.76. The molecule has 0 aliphatic rings. The zero-order chi connectivity index (χ0) is 27.1. The number of unbranched alkanes of at least 4 members (excludes halogenated alkanes) is 5. The minimum absolute atomic E-state index is 0.107. The van der Waals surface area contributed by atoms with Crippen molar-refractivity contribution in [1.82, 2.24) is 10.6 Å². The summed E-state index contributed by atoms with van der Waals surface area (Å²) in [4.78, 5) is 35.0. The van der Waals surface area contributed by atoms with Crippen molar-refractivity contribution < 1.29 is 23.9 Å². The van der Waals surface area contributed by atoms with Gasteiger partial charge in [-0.3, -0.25) is 9.59 Å². The van der Waals surface area contributed by atoms with Crippen LogP contribution in [-0.2, 0) is 16.0 Å². The quantitative estimate of drug-likeness (QED) is 0.216. The predicted octanol–water partition coefficient (Wildman–Crippen LogP) is 5.80. The fourth-order valence-electron chi connectivity index (χ4n) is 3.53. The van der Waals surface area contributed by atoms with E-state index < -0.39 is 5.60 Å². The maximum Gasteiger partial charge on any atom is 0.407 e. The van der Waals surface area contributed by atoms with Gasteiger partial charge in [0, 0.05) is 25.6 Å². The van der Waals surface area contributed by atoms with E-state index in [1.807, 2.05) is 45.0 Å². The van der Waals surface area contributed by atoms with Crippen molar-refractivity contribution in [2.45, 2.75) is 71.3 Å². The second kappa shape index (κ2) is 15.4. The third kappa shape index (κ3) is 11.7. The van der Waals surface area contributed by atoms with Crippen molar-refractivity contribution >= 4 is 18.3 Å². The van der Waals surface area contributed by atoms with Crippen LogP contribution in [-0.4, -0.2) is 37.5 Å². The molecule has 2 aromatic rings. The van der Waals surface area contributed by atoms with Gasteiger partial charge in [-0.25, -0.2) is 4.79 Å². The number of aldehydes is 1. The monoisotopic (exact) mass is 506 g/mol. The van der Waals surface area contributed by atoms with Crippen molar-refractivity contribution in [1.29, 1.82) is 0 Å². The fraction of sp³-hybridized carbons (Fsp3) is 0.433. The summed E-state index contributed by atoms with van der Waals surface area (Å²) in [5, 5.41) is 5.35. The molecule has 2 N–H and O–H groups in total. The molecule has 37 heavy (non-hydrogen) atoms. The lowest BCUT2D eigenvalue weighted by Gasteiger charge is -2.19. The Hall–Kier alpha value is -3.79. The maximum absolute atomic E-state index is 11.7. The molecule has 0 aliphatic heterocycles. The van der Waals surface area contributed by atoms with Gasteiger partial charge in [-0.1, -0.05) is 49.3 Å². The Labute approximate surface area is 220 Å². The number of benzene rings is 2. The molecular formula is C30H38N2O5. The van der Waals surface area contributed by atoms with E-state index in [9.17, 15) is 14.4 Å². The van der Waals surface area contributed by atoms with Crippen LogP contribution in [0.25, 0.3) is 0 Å². The predicted molar refractivity (Wildman–Crippen MR) is 145 cm³/mol. The molecule has 0 radical (unpaired) electrons. The van der Waals surface area contributed by atoms with E-state index in [0.717, 1.165) is 50.4 Å². The van der Waals surface area contributed by atoms with Crippen LogP contribution in [0.2, 0.25) is 0 Å². The lowest BCUT2D eigenvalue weighted by atomic mass is 10.0. The van der Waals surface area contributed by atoms with Crippen LogP contribution in [0.15, 0.2) is 42.5 Å². The molecule has 0 bridgehead atoms. The molecule has 2 amide bonds. The first-order valence-corrected chi connectivity index (χ1v) is 12.7. The SMILES string of the molecule is CNC(=O)Cc1cccc(Oc2cccc(C#CCCCCCCCNC(=O)OC(C)(C)C)c2)c1C=O. The standard InChI is InChI=1S/C30H38N2O5/c1-30(2,3)37-29(35)32-19-11-9-7-5-6-8-10-14-23-15-12-17-25(20-23)36-27-18-13-16-24(26(27)22-33)21-28(34)31-4/h12-13,15-18,20,22H,5-9,11,19,21H2,1-4H3,(H,31,34)(H,32,35). The number of alkyl carbamates (subject to hydrolysis) is 1. The first kappa shape index (κ1) is 29.4. The number of ether oxygens (including phenoxy) is 2. The van der Waals surface area contributed by atoms with E-state index in [0.29, 0.717) is 29.2 Å². The van der Waals surface area contributed by atoms with E-state index in [1.165, 1.54) is 0 Å². The van der Waals surface area contributed by atoms with Crippen LogP contribution in [0.4, 0.5) is 4.79 Å². The number of hydrogen-bond donors (Lipinski definition) is 2. The zero-order valence-corrected chi connectivity index (χ0v) is 22.3. The molecule has 7 heteroatoms. The highest BCUT2D eigenvalue weighted by molar-refractivity contribution is 5.86. The Morgan fingerprint density at radius 1 is 1.00 bits per heavy atom. The van der Waals surface area contributed by atoms with Crippen molar-refractivity contribution in [3.05, 3.63) is 59.2 Å². The van der Waals surface area contributed by atoms with E-state index >= 15 is 0 Å². The second-order valence-electron chi connectivity index (χ2n) is 9.67. The van der Waals surface area contributed by atoms with Crippen molar-refractivity contribution in [3.63, 3.8) is 0 Å². The number of nitrogens with one attached hydrogen (secondary N) is 2. The van der Waals surface area contributed by atoms with Crippen molar-refractivity contribution in [2.24, 2.45) is 0 Å². The minimum atomic E-state index is -0.472. The topological polar surface area (TPSA) is 93.7 Å². The first-order valence-electron chi connectivity index (χ1n) is 12.7. The summed E-state index contributed by atoms with van der Waals surface area (Å²) in [5.41, 5.74) is 1.34. The molecule has 0 spiro atoms. The van der Waals surface area contributed by atoms with Gasteiger partial charge in [-0.15, -0.1) is 0 Å². The molecule has 0 aromatic heterocycles. The Morgan fingerprint density at radius 3 is 2.46 bits per heavy atom. The number of amides is 2. The molecule has 0 aliphatic carbocycles. The molecule has 0 unspecified atom stereocenters. The largest absolute Gasteiger partial charge is 0.457 e. The molecule has 7 nitrogen and oxygen atoms in total. The van der Waals surface area contributed by atoms with E-state index in [-0.39, 0.29) is 18.4 Å². The molecule has 2 aromatic carbocycles. The van der Waals surface area contributed by atoms with E-state index in [1.54, 1.807) is 25.2 Å². The van der Waals surface area contributed by atoms with Crippen LogP contribution in [0.1, 0.15) is 80.8 Å². The Morgan fingerprint density at radius 2 is 1.73 bits per heavy atom. The summed E-state index contributed by atoms with van der Waals surface area (Å²) in [6.07, 6.45) is 6.45. The van der Waals surface area contributed by atoms with Crippen LogP contribution < -0.4 is 15.4 Å². The Bertz CT molecular complexity index is 1110. The molecule has 2 rings (SSSR count). The summed E-state index contributed by atoms with van der Waals surface area (Å²) < 4.78 is 11.2. The number of carbonyl (C=O) groups is 3. The van der Waals surface area contributed by atoms with Gasteiger partial charge in [0.05, 0.1) is 12.0 Å². The summed E-state index contributed by atoms with van der Waals surface area (Å²) in [6, 6.07) is 12.6. The highest BCUT2D eigenvalue weighted by Crippen LogP contribution is 2.27. The van der Waals surface area contributed by atoms with Crippen LogP contribution in [0.3, 0.4) is 0 Å². The number of rotatable bonds is 12. The van der Waals surface area contributed by atoms with Crippen molar-refractivity contribution in [2.75, 3.05) is 13.6 Å².